The normalized spacial score (nSPS) is 29.6. The molecule has 1 spiro atoms. The maximum atomic E-state index is 12.9. The fourth-order valence-corrected chi connectivity index (χ4v) is 5.75. The van der Waals surface area contributed by atoms with E-state index in [1.165, 1.54) is 0 Å². The molecule has 2 saturated heterocycles. The summed E-state index contributed by atoms with van der Waals surface area (Å²) in [6.45, 7) is 8.02. The number of amides is 1. The molecule has 5 rings (SSSR count). The van der Waals surface area contributed by atoms with E-state index in [1.807, 2.05) is 39.0 Å². The standard InChI is InChI=1S/C24H33NO7/c1-22(2,3)32-21(27)25-9-6-17-13-24(30-10-11-31-24)8-7-23(17,14-25)20(26)16-4-5-18-19(12-16)29-15-28-18/h4-5,12,17,20,26H,6-11,13-15H2,1-3H3/t17-,20+,23-/m0/s1. The van der Waals surface area contributed by atoms with Crippen molar-refractivity contribution >= 4 is 6.09 Å². The van der Waals surface area contributed by atoms with Gasteiger partial charge in [-0.05, 0) is 57.2 Å². The number of hydrogen-bond acceptors (Lipinski definition) is 7. The summed E-state index contributed by atoms with van der Waals surface area (Å²) in [6, 6.07) is 5.59. The van der Waals surface area contributed by atoms with Crippen molar-refractivity contribution < 1.29 is 33.6 Å². The first-order valence-electron chi connectivity index (χ1n) is 11.5. The van der Waals surface area contributed by atoms with Gasteiger partial charge in [0, 0.05) is 31.3 Å². The fourth-order valence-electron chi connectivity index (χ4n) is 5.75. The minimum Gasteiger partial charge on any atom is -0.454 e. The molecule has 0 bridgehead atoms. The molecule has 1 aromatic carbocycles. The van der Waals surface area contributed by atoms with Crippen LogP contribution in [0.15, 0.2) is 18.2 Å². The third-order valence-electron chi connectivity index (χ3n) is 7.30. The third-order valence-corrected chi connectivity index (χ3v) is 7.30. The van der Waals surface area contributed by atoms with Crippen molar-refractivity contribution in [2.45, 2.75) is 63.9 Å². The predicted molar refractivity (Wildman–Crippen MR) is 114 cm³/mol. The number of carbonyl (C=O) groups is 1. The molecule has 8 nitrogen and oxygen atoms in total. The molecule has 1 amide bonds. The Kier molecular flexibility index (Phi) is 5.30. The SMILES string of the molecule is CC(C)(C)OC(=O)N1CC[C@H]2CC3(CC[C@]2([C@H](O)c2ccc4c(c2)OCO4)C1)OCCO3. The lowest BCUT2D eigenvalue weighted by atomic mass is 9.57. The van der Waals surface area contributed by atoms with Crippen LogP contribution in [-0.4, -0.2) is 60.6 Å². The number of likely N-dealkylation sites (tertiary alicyclic amines) is 1. The molecule has 1 saturated carbocycles. The van der Waals surface area contributed by atoms with Crippen LogP contribution in [0.3, 0.4) is 0 Å². The molecule has 8 heteroatoms. The number of piperidine rings is 1. The molecule has 1 aliphatic carbocycles. The van der Waals surface area contributed by atoms with Crippen LogP contribution in [0.25, 0.3) is 0 Å². The minimum atomic E-state index is -0.772. The average Bonchev–Trinajstić information content (AvgIpc) is 3.40. The largest absolute Gasteiger partial charge is 0.454 e. The van der Waals surface area contributed by atoms with Crippen molar-refractivity contribution in [3.63, 3.8) is 0 Å². The predicted octanol–water partition coefficient (Wildman–Crippen LogP) is 3.62. The van der Waals surface area contributed by atoms with Crippen LogP contribution in [-0.2, 0) is 14.2 Å². The van der Waals surface area contributed by atoms with E-state index < -0.39 is 22.9 Å². The van der Waals surface area contributed by atoms with Gasteiger partial charge in [-0.2, -0.15) is 0 Å². The Balaban J connectivity index is 1.45. The van der Waals surface area contributed by atoms with Crippen molar-refractivity contribution in [2.75, 3.05) is 33.1 Å². The van der Waals surface area contributed by atoms with Crippen molar-refractivity contribution in [1.29, 1.82) is 0 Å². The van der Waals surface area contributed by atoms with Gasteiger partial charge in [-0.25, -0.2) is 4.79 Å². The summed E-state index contributed by atoms with van der Waals surface area (Å²) in [5.41, 5.74) is -0.322. The van der Waals surface area contributed by atoms with Gasteiger partial charge in [-0.15, -0.1) is 0 Å². The lowest BCUT2D eigenvalue weighted by Gasteiger charge is -2.56. The first-order valence-corrected chi connectivity index (χ1v) is 11.5. The topological polar surface area (TPSA) is 86.7 Å². The van der Waals surface area contributed by atoms with Crippen LogP contribution >= 0.6 is 0 Å². The van der Waals surface area contributed by atoms with Crippen molar-refractivity contribution in [3.05, 3.63) is 23.8 Å². The van der Waals surface area contributed by atoms with Gasteiger partial charge >= 0.3 is 6.09 Å². The van der Waals surface area contributed by atoms with E-state index in [4.69, 9.17) is 23.7 Å². The number of rotatable bonds is 2. The van der Waals surface area contributed by atoms with Gasteiger partial charge in [0.05, 0.1) is 19.3 Å². The molecule has 3 heterocycles. The van der Waals surface area contributed by atoms with E-state index >= 15 is 0 Å². The molecule has 4 aliphatic rings. The summed E-state index contributed by atoms with van der Waals surface area (Å²) in [6.07, 6.45) is 1.75. The molecule has 3 atom stereocenters. The average molecular weight is 448 g/mol. The zero-order chi connectivity index (χ0) is 22.6. The lowest BCUT2D eigenvalue weighted by molar-refractivity contribution is -0.230. The van der Waals surface area contributed by atoms with E-state index in [-0.39, 0.29) is 18.8 Å². The van der Waals surface area contributed by atoms with Gasteiger partial charge in [-0.1, -0.05) is 6.07 Å². The molecule has 3 fully saturated rings. The highest BCUT2D eigenvalue weighted by molar-refractivity contribution is 5.68. The lowest BCUT2D eigenvalue weighted by Crippen LogP contribution is -2.59. The van der Waals surface area contributed by atoms with Crippen molar-refractivity contribution in [1.82, 2.24) is 4.90 Å². The first kappa shape index (κ1) is 21.8. The van der Waals surface area contributed by atoms with Crippen molar-refractivity contribution in [2.24, 2.45) is 11.3 Å². The number of nitrogens with zero attached hydrogens (tertiary/aromatic N) is 1. The molecule has 0 aromatic heterocycles. The fraction of sp³-hybridized carbons (Fsp3) is 0.708. The van der Waals surface area contributed by atoms with Crippen LogP contribution in [0.1, 0.15) is 58.1 Å². The first-order chi connectivity index (χ1) is 15.2. The van der Waals surface area contributed by atoms with E-state index in [0.717, 1.165) is 18.4 Å². The van der Waals surface area contributed by atoms with Gasteiger partial charge in [-0.3, -0.25) is 0 Å². The van der Waals surface area contributed by atoms with Crippen LogP contribution in [0.2, 0.25) is 0 Å². The molecule has 1 aromatic rings. The Morgan fingerprint density at radius 2 is 1.94 bits per heavy atom. The summed E-state index contributed by atoms with van der Waals surface area (Å²) in [4.78, 5) is 14.7. The Labute approximate surface area is 188 Å². The number of hydrogen-bond donors (Lipinski definition) is 1. The molecular formula is C24H33NO7. The maximum Gasteiger partial charge on any atom is 0.410 e. The number of aliphatic hydroxyl groups excluding tert-OH is 1. The van der Waals surface area contributed by atoms with Gasteiger partial charge in [0.1, 0.15) is 5.60 Å². The second kappa shape index (κ2) is 7.78. The van der Waals surface area contributed by atoms with E-state index in [2.05, 4.69) is 0 Å². The zero-order valence-corrected chi connectivity index (χ0v) is 19.1. The molecule has 176 valence electrons. The van der Waals surface area contributed by atoms with E-state index in [1.54, 1.807) is 4.90 Å². The van der Waals surface area contributed by atoms with E-state index in [9.17, 15) is 9.90 Å². The second-order valence-electron chi connectivity index (χ2n) is 10.4. The summed E-state index contributed by atoms with van der Waals surface area (Å²) in [5, 5.41) is 11.8. The van der Waals surface area contributed by atoms with Crippen LogP contribution in [0.4, 0.5) is 4.79 Å². The molecular weight excluding hydrogens is 414 g/mol. The number of aliphatic hydroxyl groups is 1. The third kappa shape index (κ3) is 3.82. The molecule has 32 heavy (non-hydrogen) atoms. The molecule has 0 unspecified atom stereocenters. The monoisotopic (exact) mass is 447 g/mol. The quantitative estimate of drug-likeness (QED) is 0.741. The number of fused-ring (bicyclic) bond motifs is 2. The summed E-state index contributed by atoms with van der Waals surface area (Å²) >= 11 is 0. The van der Waals surface area contributed by atoms with Crippen LogP contribution in [0.5, 0.6) is 11.5 Å². The Bertz CT molecular complexity index is 876. The Hall–Kier alpha value is -2.03. The Morgan fingerprint density at radius 1 is 1.19 bits per heavy atom. The minimum absolute atomic E-state index is 0.147. The molecule has 1 N–H and O–H groups in total. The van der Waals surface area contributed by atoms with Crippen molar-refractivity contribution in [3.8, 4) is 11.5 Å². The van der Waals surface area contributed by atoms with Gasteiger partial charge in [0.25, 0.3) is 0 Å². The van der Waals surface area contributed by atoms with Gasteiger partial charge in [0.2, 0.25) is 6.79 Å². The highest BCUT2D eigenvalue weighted by Gasteiger charge is 2.58. The highest BCUT2D eigenvalue weighted by atomic mass is 16.7. The van der Waals surface area contributed by atoms with Crippen LogP contribution in [0, 0.1) is 11.3 Å². The summed E-state index contributed by atoms with van der Waals surface area (Å²) < 4.78 is 28.7. The zero-order valence-electron chi connectivity index (χ0n) is 19.1. The van der Waals surface area contributed by atoms with Crippen LogP contribution < -0.4 is 9.47 Å². The number of benzene rings is 1. The summed E-state index contributed by atoms with van der Waals surface area (Å²) in [5.74, 6) is 0.915. The molecule has 0 radical (unpaired) electrons. The Morgan fingerprint density at radius 3 is 2.69 bits per heavy atom. The highest BCUT2D eigenvalue weighted by Crippen LogP contribution is 2.57. The van der Waals surface area contributed by atoms with Gasteiger partial charge < -0.3 is 33.7 Å². The maximum absolute atomic E-state index is 12.9. The summed E-state index contributed by atoms with van der Waals surface area (Å²) in [7, 11) is 0. The number of ether oxygens (including phenoxy) is 5. The second-order valence-corrected chi connectivity index (χ2v) is 10.4. The smallest absolute Gasteiger partial charge is 0.410 e. The van der Waals surface area contributed by atoms with E-state index in [0.29, 0.717) is 50.6 Å². The molecule has 3 aliphatic heterocycles. The van der Waals surface area contributed by atoms with Gasteiger partial charge in [0.15, 0.2) is 17.3 Å². The number of carbonyl (C=O) groups excluding carboxylic acids is 1.